The van der Waals surface area contributed by atoms with Gasteiger partial charge in [-0.15, -0.1) is 0 Å². The topological polar surface area (TPSA) is 38.8 Å². The zero-order chi connectivity index (χ0) is 15.8. The fraction of sp³-hybridized carbons (Fsp3) is 0.316. The van der Waals surface area contributed by atoms with Crippen LogP contribution in [-0.4, -0.2) is 23.6 Å². The molecule has 1 aliphatic carbocycles. The summed E-state index contributed by atoms with van der Waals surface area (Å²) in [6, 6.07) is 14.2. The summed E-state index contributed by atoms with van der Waals surface area (Å²) in [6.07, 6.45) is 2.15. The number of nitrogens with zero attached hydrogens (tertiary/aromatic N) is 1. The molecule has 4 rings (SSSR count). The number of ether oxygens (including phenoxy) is 2. The standard InChI is InChI=1S/C19H19NO3/c1-13-5-7-14(8-6-13)11-20(15-9-10-15)19(21)16-3-2-4-17-18(16)23-12-22-17/h2-8,15H,9-12H2,1H3. The maximum atomic E-state index is 13.0. The van der Waals surface area contributed by atoms with Gasteiger partial charge >= 0.3 is 0 Å². The van der Waals surface area contributed by atoms with E-state index < -0.39 is 0 Å². The first-order valence-electron chi connectivity index (χ1n) is 7.97. The molecule has 0 atom stereocenters. The van der Waals surface area contributed by atoms with Crippen molar-refractivity contribution in [2.75, 3.05) is 6.79 Å². The van der Waals surface area contributed by atoms with E-state index >= 15 is 0 Å². The van der Waals surface area contributed by atoms with Crippen LogP contribution in [0.3, 0.4) is 0 Å². The van der Waals surface area contributed by atoms with E-state index in [4.69, 9.17) is 9.47 Å². The van der Waals surface area contributed by atoms with E-state index in [0.29, 0.717) is 29.6 Å². The highest BCUT2D eigenvalue weighted by Crippen LogP contribution is 2.38. The van der Waals surface area contributed by atoms with Crippen molar-refractivity contribution in [3.8, 4) is 11.5 Å². The number of amides is 1. The summed E-state index contributed by atoms with van der Waals surface area (Å²) >= 11 is 0. The maximum Gasteiger partial charge on any atom is 0.258 e. The van der Waals surface area contributed by atoms with Gasteiger partial charge in [0.15, 0.2) is 11.5 Å². The molecule has 1 saturated carbocycles. The molecule has 118 valence electrons. The van der Waals surface area contributed by atoms with Crippen molar-refractivity contribution in [1.29, 1.82) is 0 Å². The predicted molar refractivity (Wildman–Crippen MR) is 86.6 cm³/mol. The van der Waals surface area contributed by atoms with Crippen LogP contribution < -0.4 is 9.47 Å². The molecule has 1 fully saturated rings. The molecule has 0 spiro atoms. The Balaban J connectivity index is 1.62. The quantitative estimate of drug-likeness (QED) is 0.867. The van der Waals surface area contributed by atoms with Gasteiger partial charge in [-0.2, -0.15) is 0 Å². The van der Waals surface area contributed by atoms with Crippen LogP contribution in [0, 0.1) is 6.92 Å². The van der Waals surface area contributed by atoms with Gasteiger partial charge in [-0.05, 0) is 37.5 Å². The lowest BCUT2D eigenvalue weighted by Crippen LogP contribution is -2.32. The number of hydrogen-bond acceptors (Lipinski definition) is 3. The minimum absolute atomic E-state index is 0.0235. The van der Waals surface area contributed by atoms with Gasteiger partial charge in [-0.25, -0.2) is 0 Å². The number of fused-ring (bicyclic) bond motifs is 1. The lowest BCUT2D eigenvalue weighted by molar-refractivity contribution is 0.0725. The first-order valence-corrected chi connectivity index (χ1v) is 7.97. The SMILES string of the molecule is Cc1ccc(CN(C(=O)c2cccc3c2OCO3)C2CC2)cc1. The third kappa shape index (κ3) is 2.77. The number of carbonyl (C=O) groups is 1. The number of para-hydroxylation sites is 1. The van der Waals surface area contributed by atoms with Gasteiger partial charge in [-0.1, -0.05) is 35.9 Å². The molecule has 1 aliphatic heterocycles. The Morgan fingerprint density at radius 1 is 1.13 bits per heavy atom. The highest BCUT2D eigenvalue weighted by atomic mass is 16.7. The number of aryl methyl sites for hydroxylation is 1. The summed E-state index contributed by atoms with van der Waals surface area (Å²) in [5.74, 6) is 1.25. The summed E-state index contributed by atoms with van der Waals surface area (Å²) in [5, 5.41) is 0. The molecule has 0 unspecified atom stereocenters. The van der Waals surface area contributed by atoms with Gasteiger partial charge in [0.1, 0.15) is 0 Å². The summed E-state index contributed by atoms with van der Waals surface area (Å²) in [7, 11) is 0. The first kappa shape index (κ1) is 14.1. The maximum absolute atomic E-state index is 13.0. The highest BCUT2D eigenvalue weighted by Gasteiger charge is 2.35. The number of benzene rings is 2. The molecule has 1 amide bonds. The molecule has 2 aromatic rings. The van der Waals surface area contributed by atoms with Crippen LogP contribution in [0.15, 0.2) is 42.5 Å². The van der Waals surface area contributed by atoms with E-state index in [2.05, 4.69) is 31.2 Å². The fourth-order valence-corrected chi connectivity index (χ4v) is 2.90. The molecule has 2 aromatic carbocycles. The molecule has 0 saturated heterocycles. The first-order chi connectivity index (χ1) is 11.2. The summed E-state index contributed by atoms with van der Waals surface area (Å²) in [4.78, 5) is 15.0. The molecule has 2 aliphatic rings. The number of carbonyl (C=O) groups excluding carboxylic acids is 1. The normalized spacial score (nSPS) is 15.5. The molecule has 0 bridgehead atoms. The average Bonchev–Trinajstić information content (AvgIpc) is 3.29. The van der Waals surface area contributed by atoms with Crippen LogP contribution in [0.4, 0.5) is 0 Å². The van der Waals surface area contributed by atoms with Gasteiger partial charge in [0.25, 0.3) is 5.91 Å². The third-order valence-corrected chi connectivity index (χ3v) is 4.35. The zero-order valence-electron chi connectivity index (χ0n) is 13.1. The van der Waals surface area contributed by atoms with Crippen molar-refractivity contribution in [3.05, 3.63) is 59.2 Å². The zero-order valence-corrected chi connectivity index (χ0v) is 13.1. The lowest BCUT2D eigenvalue weighted by atomic mass is 10.1. The fourth-order valence-electron chi connectivity index (χ4n) is 2.90. The Hall–Kier alpha value is -2.49. The van der Waals surface area contributed by atoms with Crippen molar-refractivity contribution in [2.24, 2.45) is 0 Å². The lowest BCUT2D eigenvalue weighted by Gasteiger charge is -2.23. The van der Waals surface area contributed by atoms with Gasteiger partial charge in [0, 0.05) is 12.6 Å². The molecule has 0 radical (unpaired) electrons. The summed E-state index contributed by atoms with van der Waals surface area (Å²) in [5.41, 5.74) is 2.98. The van der Waals surface area contributed by atoms with Crippen LogP contribution in [0.5, 0.6) is 11.5 Å². The molecular formula is C19H19NO3. The van der Waals surface area contributed by atoms with Crippen molar-refractivity contribution < 1.29 is 14.3 Å². The molecule has 0 aromatic heterocycles. The van der Waals surface area contributed by atoms with Crippen LogP contribution in [0.2, 0.25) is 0 Å². The van der Waals surface area contributed by atoms with Crippen LogP contribution in [-0.2, 0) is 6.54 Å². The van der Waals surface area contributed by atoms with E-state index in [9.17, 15) is 4.79 Å². The van der Waals surface area contributed by atoms with Crippen LogP contribution >= 0.6 is 0 Å². The van der Waals surface area contributed by atoms with Gasteiger partial charge < -0.3 is 14.4 Å². The van der Waals surface area contributed by atoms with Crippen molar-refractivity contribution in [2.45, 2.75) is 32.4 Å². The minimum atomic E-state index is 0.0235. The van der Waals surface area contributed by atoms with E-state index in [1.54, 1.807) is 0 Å². The molecule has 4 nitrogen and oxygen atoms in total. The molecule has 1 heterocycles. The Morgan fingerprint density at radius 3 is 2.65 bits per heavy atom. The Kier molecular flexibility index (Phi) is 3.45. The second-order valence-corrected chi connectivity index (χ2v) is 6.19. The van der Waals surface area contributed by atoms with Gasteiger partial charge in [0.05, 0.1) is 5.56 Å². The predicted octanol–water partition coefficient (Wildman–Crippen LogP) is 3.53. The van der Waals surface area contributed by atoms with Crippen LogP contribution in [0.1, 0.15) is 34.3 Å². The van der Waals surface area contributed by atoms with Crippen molar-refractivity contribution in [1.82, 2.24) is 4.90 Å². The van der Waals surface area contributed by atoms with E-state index in [0.717, 1.165) is 18.4 Å². The summed E-state index contributed by atoms with van der Waals surface area (Å²) < 4.78 is 10.9. The van der Waals surface area contributed by atoms with Gasteiger partial charge in [-0.3, -0.25) is 4.79 Å². The largest absolute Gasteiger partial charge is 0.454 e. The second-order valence-electron chi connectivity index (χ2n) is 6.19. The number of hydrogen-bond donors (Lipinski definition) is 0. The highest BCUT2D eigenvalue weighted by molar-refractivity contribution is 5.98. The van der Waals surface area contributed by atoms with E-state index in [-0.39, 0.29) is 12.7 Å². The third-order valence-electron chi connectivity index (χ3n) is 4.35. The average molecular weight is 309 g/mol. The van der Waals surface area contributed by atoms with Gasteiger partial charge in [0.2, 0.25) is 6.79 Å². The smallest absolute Gasteiger partial charge is 0.258 e. The molecule has 23 heavy (non-hydrogen) atoms. The minimum Gasteiger partial charge on any atom is -0.454 e. The van der Waals surface area contributed by atoms with Crippen molar-refractivity contribution in [3.63, 3.8) is 0 Å². The van der Waals surface area contributed by atoms with E-state index in [1.165, 1.54) is 5.56 Å². The van der Waals surface area contributed by atoms with Crippen molar-refractivity contribution >= 4 is 5.91 Å². The Bertz CT molecular complexity index is 735. The second kappa shape index (κ2) is 5.61. The van der Waals surface area contributed by atoms with Crippen LogP contribution in [0.25, 0.3) is 0 Å². The Labute approximate surface area is 135 Å². The monoisotopic (exact) mass is 309 g/mol. The molecule has 0 N–H and O–H groups in total. The van der Waals surface area contributed by atoms with E-state index in [1.807, 2.05) is 23.1 Å². The Morgan fingerprint density at radius 2 is 1.91 bits per heavy atom. The summed E-state index contributed by atoms with van der Waals surface area (Å²) in [6.45, 7) is 2.88. The molecule has 4 heteroatoms. The molecular weight excluding hydrogens is 290 g/mol. The number of rotatable bonds is 4.